The molecule has 236 valence electrons. The third-order valence-corrected chi connectivity index (χ3v) is 8.47. The average molecular weight is 612 g/mol. The number of pyridine rings is 1. The predicted molar refractivity (Wildman–Crippen MR) is 175 cm³/mol. The van der Waals surface area contributed by atoms with Gasteiger partial charge < -0.3 is 21.7 Å². The highest BCUT2D eigenvalue weighted by molar-refractivity contribution is 5.99. The maximum absolute atomic E-state index is 13.6. The molecule has 0 bridgehead atoms. The first kappa shape index (κ1) is 31.6. The lowest BCUT2D eigenvalue weighted by Crippen LogP contribution is -2.48. The smallest absolute Gasteiger partial charge is 0.271 e. The van der Waals surface area contributed by atoms with Crippen LogP contribution in [0.25, 0.3) is 22.0 Å². The van der Waals surface area contributed by atoms with Gasteiger partial charge in [-0.3, -0.25) is 29.4 Å². The lowest BCUT2D eigenvalue weighted by Gasteiger charge is -2.28. The Morgan fingerprint density at radius 1 is 0.956 bits per heavy atom. The molecule has 0 spiro atoms. The number of aromatic nitrogens is 3. The van der Waals surface area contributed by atoms with Crippen LogP contribution in [0.1, 0.15) is 61.3 Å². The van der Waals surface area contributed by atoms with Crippen LogP contribution in [0.4, 0.5) is 5.69 Å². The number of aromatic amines is 2. The van der Waals surface area contributed by atoms with E-state index in [0.29, 0.717) is 34.7 Å². The number of nitrogens with zero attached hydrogens (tertiary/aromatic N) is 1. The SMILES string of the molecule is Cc1nc(C(=O)NC(C)C)ccc1-c1ccc(CC(NC(=O)C2CCC(CN)CC2)C(=O)Nc2ccc3c(=O)[nH][nH]c3c2)cc1. The van der Waals surface area contributed by atoms with Gasteiger partial charge >= 0.3 is 0 Å². The van der Waals surface area contributed by atoms with Gasteiger partial charge in [-0.1, -0.05) is 30.3 Å². The molecule has 1 aliphatic rings. The van der Waals surface area contributed by atoms with E-state index in [0.717, 1.165) is 48.1 Å². The van der Waals surface area contributed by atoms with Gasteiger partial charge in [-0.05, 0) is 94.3 Å². The Bertz CT molecular complexity index is 1730. The van der Waals surface area contributed by atoms with Crippen molar-refractivity contribution in [1.29, 1.82) is 0 Å². The molecule has 5 rings (SSSR count). The van der Waals surface area contributed by atoms with Crippen molar-refractivity contribution in [2.24, 2.45) is 17.6 Å². The van der Waals surface area contributed by atoms with Gasteiger partial charge in [0.2, 0.25) is 11.8 Å². The van der Waals surface area contributed by atoms with Crippen molar-refractivity contribution in [2.75, 3.05) is 11.9 Å². The number of aryl methyl sites for hydroxylation is 1. The number of fused-ring (bicyclic) bond motifs is 1. The minimum absolute atomic E-state index is 0.0158. The van der Waals surface area contributed by atoms with E-state index < -0.39 is 6.04 Å². The molecule has 0 saturated heterocycles. The summed E-state index contributed by atoms with van der Waals surface area (Å²) >= 11 is 0. The molecule has 2 aromatic heterocycles. The molecule has 1 unspecified atom stereocenters. The van der Waals surface area contributed by atoms with Crippen LogP contribution in [0, 0.1) is 18.8 Å². The number of carbonyl (C=O) groups excluding carboxylic acids is 3. The summed E-state index contributed by atoms with van der Waals surface area (Å²) in [7, 11) is 0. The van der Waals surface area contributed by atoms with Crippen molar-refractivity contribution in [3.63, 3.8) is 0 Å². The zero-order valence-corrected chi connectivity index (χ0v) is 25.9. The lowest BCUT2D eigenvalue weighted by atomic mass is 9.81. The van der Waals surface area contributed by atoms with Gasteiger partial charge in [-0.2, -0.15) is 0 Å². The fourth-order valence-corrected chi connectivity index (χ4v) is 5.89. The highest BCUT2D eigenvalue weighted by Gasteiger charge is 2.29. The van der Waals surface area contributed by atoms with E-state index in [1.54, 1.807) is 24.3 Å². The first-order valence-corrected chi connectivity index (χ1v) is 15.5. The van der Waals surface area contributed by atoms with Crippen LogP contribution in [0.2, 0.25) is 0 Å². The monoisotopic (exact) mass is 611 g/mol. The van der Waals surface area contributed by atoms with Gasteiger partial charge in [-0.15, -0.1) is 0 Å². The van der Waals surface area contributed by atoms with E-state index in [1.165, 1.54) is 0 Å². The van der Waals surface area contributed by atoms with E-state index in [1.807, 2.05) is 51.1 Å². The largest absolute Gasteiger partial charge is 0.349 e. The highest BCUT2D eigenvalue weighted by atomic mass is 16.2. The van der Waals surface area contributed by atoms with Crippen molar-refractivity contribution in [1.82, 2.24) is 25.8 Å². The number of benzene rings is 2. The molecule has 0 aliphatic heterocycles. The second kappa shape index (κ2) is 13.9. The first-order valence-electron chi connectivity index (χ1n) is 15.5. The van der Waals surface area contributed by atoms with Crippen molar-refractivity contribution in [3.05, 3.63) is 81.9 Å². The van der Waals surface area contributed by atoms with E-state index in [2.05, 4.69) is 31.1 Å². The molecular weight excluding hydrogens is 570 g/mol. The van der Waals surface area contributed by atoms with Gasteiger partial charge in [0, 0.05) is 35.3 Å². The van der Waals surface area contributed by atoms with Crippen LogP contribution in [0.15, 0.2) is 59.4 Å². The fourth-order valence-electron chi connectivity index (χ4n) is 5.89. The predicted octanol–water partition coefficient (Wildman–Crippen LogP) is 3.80. The lowest BCUT2D eigenvalue weighted by molar-refractivity contribution is -0.130. The molecule has 1 aliphatic carbocycles. The van der Waals surface area contributed by atoms with Crippen LogP contribution >= 0.6 is 0 Å². The number of hydrogen-bond acceptors (Lipinski definition) is 6. The number of amides is 3. The fraction of sp³-hybridized carbons (Fsp3) is 0.382. The second-order valence-electron chi connectivity index (χ2n) is 12.2. The molecule has 2 heterocycles. The highest BCUT2D eigenvalue weighted by Crippen LogP contribution is 2.29. The molecule has 1 fully saturated rings. The molecule has 45 heavy (non-hydrogen) atoms. The minimum atomic E-state index is -0.821. The van der Waals surface area contributed by atoms with Crippen molar-refractivity contribution in [2.45, 2.75) is 65.0 Å². The second-order valence-corrected chi connectivity index (χ2v) is 12.2. The van der Waals surface area contributed by atoms with Crippen LogP contribution in [0.3, 0.4) is 0 Å². The normalized spacial score (nSPS) is 17.2. The number of anilines is 1. The molecule has 7 N–H and O–H groups in total. The maximum Gasteiger partial charge on any atom is 0.271 e. The van der Waals surface area contributed by atoms with E-state index >= 15 is 0 Å². The third-order valence-electron chi connectivity index (χ3n) is 8.47. The third kappa shape index (κ3) is 7.66. The van der Waals surface area contributed by atoms with E-state index in [9.17, 15) is 19.2 Å². The van der Waals surface area contributed by atoms with Crippen molar-refractivity contribution in [3.8, 4) is 11.1 Å². The first-order chi connectivity index (χ1) is 21.6. The van der Waals surface area contributed by atoms with Crippen LogP contribution in [-0.2, 0) is 16.0 Å². The molecule has 0 radical (unpaired) electrons. The average Bonchev–Trinajstić information content (AvgIpc) is 3.40. The Morgan fingerprint density at radius 2 is 1.69 bits per heavy atom. The van der Waals surface area contributed by atoms with Crippen molar-refractivity contribution >= 4 is 34.3 Å². The topological polar surface area (TPSA) is 175 Å². The standard InChI is InChI=1S/C34H41N7O4/c1-19(2)36-33(44)28-15-14-26(20(3)37-28)23-8-4-21(5-9-23)16-30(39-31(42)24-10-6-22(18-35)7-11-24)34(45)38-25-12-13-27-29(17-25)40-41-32(27)43/h4-5,8-9,12-15,17,19,22,24,30H,6-7,10-11,16,18,35H2,1-3H3,(H,36,44)(H,38,45)(H,39,42)(H2,40,41,43). The molecule has 2 aromatic carbocycles. The summed E-state index contributed by atoms with van der Waals surface area (Å²) in [6, 6.07) is 15.6. The van der Waals surface area contributed by atoms with Gasteiger partial charge in [0.1, 0.15) is 11.7 Å². The number of nitrogens with two attached hydrogens (primary N) is 1. The number of nitrogens with one attached hydrogen (secondary N) is 5. The Morgan fingerprint density at radius 3 is 2.36 bits per heavy atom. The molecule has 4 aromatic rings. The van der Waals surface area contributed by atoms with E-state index in [-0.39, 0.29) is 41.7 Å². The minimum Gasteiger partial charge on any atom is -0.349 e. The zero-order chi connectivity index (χ0) is 32.1. The Labute approximate surface area is 261 Å². The summed E-state index contributed by atoms with van der Waals surface area (Å²) in [5, 5.41) is 14.6. The number of carbonyl (C=O) groups is 3. The van der Waals surface area contributed by atoms with Crippen LogP contribution < -0.4 is 27.2 Å². The maximum atomic E-state index is 13.6. The van der Waals surface area contributed by atoms with Gasteiger partial charge in [0.25, 0.3) is 11.5 Å². The van der Waals surface area contributed by atoms with Gasteiger partial charge in [0.15, 0.2) is 0 Å². The Kier molecular flexibility index (Phi) is 9.77. The Balaban J connectivity index is 1.32. The quantitative estimate of drug-likeness (QED) is 0.159. The summed E-state index contributed by atoms with van der Waals surface area (Å²) < 4.78 is 0. The van der Waals surface area contributed by atoms with Crippen molar-refractivity contribution < 1.29 is 14.4 Å². The van der Waals surface area contributed by atoms with Crippen LogP contribution in [-0.4, -0.2) is 51.5 Å². The molecular formula is C34H41N7O4. The summed E-state index contributed by atoms with van der Waals surface area (Å²) in [5.41, 5.74) is 10.5. The summed E-state index contributed by atoms with van der Waals surface area (Å²) in [4.78, 5) is 55.7. The van der Waals surface area contributed by atoms with Gasteiger partial charge in [-0.25, -0.2) is 4.98 Å². The molecule has 1 saturated carbocycles. The van der Waals surface area contributed by atoms with Crippen LogP contribution in [0.5, 0.6) is 0 Å². The summed E-state index contributed by atoms with van der Waals surface area (Å²) in [5.74, 6) is -0.414. The zero-order valence-electron chi connectivity index (χ0n) is 25.9. The molecule has 1 atom stereocenters. The molecule has 11 nitrogen and oxygen atoms in total. The Hall–Kier alpha value is -4.77. The molecule has 11 heteroatoms. The van der Waals surface area contributed by atoms with E-state index in [4.69, 9.17) is 5.73 Å². The van der Waals surface area contributed by atoms with Gasteiger partial charge in [0.05, 0.1) is 10.9 Å². The number of H-pyrrole nitrogens is 2. The summed E-state index contributed by atoms with van der Waals surface area (Å²) in [6.45, 7) is 6.30. The number of rotatable bonds is 10. The number of hydrogen-bond donors (Lipinski definition) is 6. The summed E-state index contributed by atoms with van der Waals surface area (Å²) in [6.07, 6.45) is 3.59. The molecule has 3 amide bonds.